The van der Waals surface area contributed by atoms with Gasteiger partial charge in [0.05, 0.1) is 19.7 Å². The number of methoxy groups -OCH3 is 2. The largest absolute Gasteiger partial charge is 0.493 e. The van der Waals surface area contributed by atoms with Crippen molar-refractivity contribution in [1.29, 1.82) is 0 Å². The van der Waals surface area contributed by atoms with Gasteiger partial charge in [-0.2, -0.15) is 0 Å². The van der Waals surface area contributed by atoms with Gasteiger partial charge in [0.2, 0.25) is 0 Å². The van der Waals surface area contributed by atoms with E-state index in [4.69, 9.17) is 14.6 Å². The van der Waals surface area contributed by atoms with Crippen molar-refractivity contribution in [3.8, 4) is 11.5 Å². The summed E-state index contributed by atoms with van der Waals surface area (Å²) in [6.07, 6.45) is 5.06. The van der Waals surface area contributed by atoms with E-state index in [-0.39, 0.29) is 0 Å². The summed E-state index contributed by atoms with van der Waals surface area (Å²) in [6.45, 7) is 2.68. The zero-order chi connectivity index (χ0) is 18.5. The van der Waals surface area contributed by atoms with Crippen molar-refractivity contribution >= 4 is 27.8 Å². The fraction of sp³-hybridized carbons (Fsp3) is 0.500. The number of rotatable bonds is 7. The maximum absolute atomic E-state index is 10.9. The molecule has 8 heteroatoms. The van der Waals surface area contributed by atoms with Crippen LogP contribution in [-0.4, -0.2) is 43.0 Å². The first-order chi connectivity index (χ1) is 12.6. The van der Waals surface area contributed by atoms with Gasteiger partial charge in [0.1, 0.15) is 0 Å². The van der Waals surface area contributed by atoms with E-state index in [2.05, 4.69) is 20.7 Å². The zero-order valence-corrected chi connectivity index (χ0v) is 16.1. The van der Waals surface area contributed by atoms with Gasteiger partial charge in [0.25, 0.3) is 0 Å². The van der Waals surface area contributed by atoms with Crippen molar-refractivity contribution in [3.05, 3.63) is 24.4 Å². The van der Waals surface area contributed by atoms with Crippen molar-refractivity contribution < 1.29 is 13.7 Å². The van der Waals surface area contributed by atoms with Crippen LogP contribution in [0.1, 0.15) is 19.3 Å². The number of hydrogen-bond donors (Lipinski definition) is 2. The molecule has 3 N–H and O–H groups in total. The van der Waals surface area contributed by atoms with Crippen LogP contribution in [0, 0.1) is 5.92 Å². The fourth-order valence-electron chi connectivity index (χ4n) is 3.56. The average molecular weight is 378 g/mol. The van der Waals surface area contributed by atoms with Crippen LogP contribution in [0.5, 0.6) is 11.5 Å². The Kier molecular flexibility index (Phi) is 6.29. The first kappa shape index (κ1) is 18.9. The number of nitrogens with one attached hydrogen (secondary N) is 1. The monoisotopic (exact) mass is 378 g/mol. The molecule has 1 atom stereocenters. The molecule has 0 saturated carbocycles. The molecule has 1 saturated heterocycles. The lowest BCUT2D eigenvalue weighted by Crippen LogP contribution is -2.35. The zero-order valence-electron chi connectivity index (χ0n) is 15.2. The third-order valence-electron chi connectivity index (χ3n) is 4.98. The van der Waals surface area contributed by atoms with Gasteiger partial charge >= 0.3 is 0 Å². The van der Waals surface area contributed by atoms with Crippen LogP contribution in [0.2, 0.25) is 0 Å². The van der Waals surface area contributed by atoms with Crippen LogP contribution in [0.3, 0.4) is 0 Å². The Balaban J connectivity index is 1.74. The summed E-state index contributed by atoms with van der Waals surface area (Å²) in [6, 6.07) is 5.99. The number of ether oxygens (including phenoxy) is 2. The summed E-state index contributed by atoms with van der Waals surface area (Å²) in [7, 11) is 3.28. The van der Waals surface area contributed by atoms with Crippen LogP contribution in [0.4, 0.5) is 5.69 Å². The predicted molar refractivity (Wildman–Crippen MR) is 105 cm³/mol. The second-order valence-corrected chi connectivity index (χ2v) is 7.35. The molecule has 142 valence electrons. The number of piperidine rings is 1. The Morgan fingerprint density at radius 3 is 2.62 bits per heavy atom. The molecule has 0 radical (unpaired) electrons. The molecule has 0 spiro atoms. The maximum Gasteiger partial charge on any atom is 0.164 e. The first-order valence-electron chi connectivity index (χ1n) is 8.77. The molecule has 1 fully saturated rings. The number of hydrogen-bond acceptors (Lipinski definition) is 5. The molecule has 1 aliphatic rings. The van der Waals surface area contributed by atoms with Gasteiger partial charge in [-0.25, -0.2) is 14.1 Å². The number of anilines is 1. The predicted octanol–water partition coefficient (Wildman–Crippen LogP) is 1.99. The number of pyridine rings is 1. The molecule has 0 bridgehead atoms. The Bertz CT molecular complexity index is 778. The lowest BCUT2D eigenvalue weighted by atomic mass is 9.93. The molecule has 1 aromatic carbocycles. The molecule has 7 nitrogen and oxygen atoms in total. The quantitative estimate of drug-likeness (QED) is 0.769. The summed E-state index contributed by atoms with van der Waals surface area (Å²) >= 11 is -1.42. The van der Waals surface area contributed by atoms with Gasteiger partial charge in [-0.05, 0) is 37.3 Å². The normalized spacial score (nSPS) is 16.7. The smallest absolute Gasteiger partial charge is 0.164 e. The van der Waals surface area contributed by atoms with E-state index in [0.717, 1.165) is 43.3 Å². The topological polar surface area (TPSA) is 89.7 Å². The van der Waals surface area contributed by atoms with E-state index >= 15 is 0 Å². The maximum atomic E-state index is 10.9. The van der Waals surface area contributed by atoms with Crippen LogP contribution in [0.25, 0.3) is 10.9 Å². The van der Waals surface area contributed by atoms with Crippen molar-refractivity contribution in [2.75, 3.05) is 38.8 Å². The Labute approximate surface area is 156 Å². The minimum atomic E-state index is -1.42. The summed E-state index contributed by atoms with van der Waals surface area (Å²) in [5.74, 6) is 2.03. The second-order valence-electron chi connectivity index (χ2n) is 6.47. The van der Waals surface area contributed by atoms with Gasteiger partial charge < -0.3 is 14.4 Å². The van der Waals surface area contributed by atoms with E-state index in [1.54, 1.807) is 14.2 Å². The van der Waals surface area contributed by atoms with Crippen molar-refractivity contribution in [1.82, 2.24) is 9.71 Å². The van der Waals surface area contributed by atoms with Crippen LogP contribution in [0.15, 0.2) is 24.4 Å². The van der Waals surface area contributed by atoms with Gasteiger partial charge in [0, 0.05) is 43.0 Å². The highest BCUT2D eigenvalue weighted by Gasteiger charge is 2.21. The lowest BCUT2D eigenvalue weighted by Gasteiger charge is -2.34. The number of nitrogens with two attached hydrogens (primary N) is 1. The molecule has 0 aliphatic carbocycles. The number of aromatic nitrogens is 1. The molecular weight excluding hydrogens is 352 g/mol. The van der Waals surface area contributed by atoms with Crippen molar-refractivity contribution in [3.63, 3.8) is 0 Å². The standard InChI is InChI=1S/C18H26N4O3S/c1-24-17-11-14-15(12-18(17)25-2)20-7-4-16(14)22-9-5-13(6-10-22)3-8-21-26(19)23/h4,7,11-13,21H,3,5-6,8-10,19H2,1-2H3. The minimum Gasteiger partial charge on any atom is -0.493 e. The second kappa shape index (κ2) is 8.66. The summed E-state index contributed by atoms with van der Waals surface area (Å²) in [5.41, 5.74) is 2.08. The molecule has 2 heterocycles. The molecular formula is C18H26N4O3S. The molecule has 26 heavy (non-hydrogen) atoms. The molecule has 0 amide bonds. The van der Waals surface area contributed by atoms with Gasteiger partial charge in [0.15, 0.2) is 22.7 Å². The SMILES string of the molecule is COc1cc2nccc(N3CCC(CCNS(N)=O)CC3)c2cc1OC. The Morgan fingerprint density at radius 2 is 1.96 bits per heavy atom. The number of benzene rings is 1. The Morgan fingerprint density at radius 1 is 1.27 bits per heavy atom. The van der Waals surface area contributed by atoms with Crippen LogP contribution < -0.4 is 24.2 Å². The van der Waals surface area contributed by atoms with Crippen LogP contribution in [-0.2, 0) is 11.2 Å². The van der Waals surface area contributed by atoms with Crippen LogP contribution >= 0.6 is 0 Å². The Hall–Kier alpha value is -1.90. The number of fused-ring (bicyclic) bond motifs is 1. The van der Waals surface area contributed by atoms with E-state index in [0.29, 0.717) is 24.0 Å². The van der Waals surface area contributed by atoms with E-state index in [9.17, 15) is 4.21 Å². The third-order valence-corrected chi connectivity index (χ3v) is 5.46. The van der Waals surface area contributed by atoms with E-state index < -0.39 is 11.2 Å². The average Bonchev–Trinajstić information content (AvgIpc) is 2.66. The summed E-state index contributed by atoms with van der Waals surface area (Å²) < 4.78 is 24.5. The van der Waals surface area contributed by atoms with Crippen molar-refractivity contribution in [2.45, 2.75) is 19.3 Å². The van der Waals surface area contributed by atoms with Gasteiger partial charge in [-0.3, -0.25) is 4.98 Å². The highest BCUT2D eigenvalue weighted by Crippen LogP contribution is 2.36. The number of nitrogens with zero attached hydrogens (tertiary/aromatic N) is 2. The molecule has 1 unspecified atom stereocenters. The summed E-state index contributed by atoms with van der Waals surface area (Å²) in [4.78, 5) is 6.89. The third kappa shape index (κ3) is 4.25. The van der Waals surface area contributed by atoms with Crippen molar-refractivity contribution in [2.24, 2.45) is 11.1 Å². The molecule has 1 aliphatic heterocycles. The van der Waals surface area contributed by atoms with E-state index in [1.165, 1.54) is 5.69 Å². The first-order valence-corrected chi connectivity index (χ1v) is 9.99. The van der Waals surface area contributed by atoms with Gasteiger partial charge in [-0.15, -0.1) is 0 Å². The molecule has 3 rings (SSSR count). The minimum absolute atomic E-state index is 0.630. The molecule has 1 aromatic heterocycles. The molecule has 2 aromatic rings. The lowest BCUT2D eigenvalue weighted by molar-refractivity contribution is 0.355. The highest BCUT2D eigenvalue weighted by molar-refractivity contribution is 7.80. The summed E-state index contributed by atoms with van der Waals surface area (Å²) in [5, 5.41) is 6.30. The van der Waals surface area contributed by atoms with E-state index in [1.807, 2.05) is 18.3 Å². The van der Waals surface area contributed by atoms with Gasteiger partial charge in [-0.1, -0.05) is 0 Å². The fourth-order valence-corrected chi connectivity index (χ4v) is 3.88. The highest BCUT2D eigenvalue weighted by atomic mass is 32.2.